The van der Waals surface area contributed by atoms with Crippen LogP contribution in [0.4, 0.5) is 11.7 Å². The van der Waals surface area contributed by atoms with Gasteiger partial charge in [-0.15, -0.1) is 5.10 Å². The van der Waals surface area contributed by atoms with Gasteiger partial charge in [0.2, 0.25) is 5.89 Å². The highest BCUT2D eigenvalue weighted by atomic mass is 16.5. The molecule has 0 saturated carbocycles. The summed E-state index contributed by atoms with van der Waals surface area (Å²) in [6.07, 6.45) is 0. The van der Waals surface area contributed by atoms with Crippen molar-refractivity contribution in [2.75, 3.05) is 12.4 Å². The summed E-state index contributed by atoms with van der Waals surface area (Å²) in [5.74, 6) is 0.495. The summed E-state index contributed by atoms with van der Waals surface area (Å²) in [6, 6.07) is 7.00. The second-order valence-corrected chi connectivity index (χ2v) is 3.08. The van der Waals surface area contributed by atoms with Crippen molar-refractivity contribution in [2.45, 2.75) is 6.61 Å². The predicted octanol–water partition coefficient (Wildman–Crippen LogP) is 1.67. The third-order valence-corrected chi connectivity index (χ3v) is 1.88. The number of nitrogens with one attached hydrogen (secondary N) is 1. The number of phenolic OH excluding ortho intramolecular Hbond substituents is 1. The average Bonchev–Trinajstić information content (AvgIpc) is 2.70. The number of para-hydroxylation sites is 2. The maximum absolute atomic E-state index is 9.50. The second kappa shape index (κ2) is 4.63. The van der Waals surface area contributed by atoms with E-state index in [0.29, 0.717) is 11.6 Å². The number of benzene rings is 1. The molecule has 1 aromatic carbocycles. The van der Waals surface area contributed by atoms with Crippen molar-refractivity contribution < 1.29 is 14.3 Å². The highest BCUT2D eigenvalue weighted by Crippen LogP contribution is 2.24. The van der Waals surface area contributed by atoms with Gasteiger partial charge in [0.15, 0.2) is 0 Å². The molecule has 0 unspecified atom stereocenters. The Morgan fingerprint density at radius 2 is 2.19 bits per heavy atom. The van der Waals surface area contributed by atoms with Crippen LogP contribution >= 0.6 is 0 Å². The third kappa shape index (κ3) is 2.29. The summed E-state index contributed by atoms with van der Waals surface area (Å²) in [5, 5.41) is 19.8. The highest BCUT2D eigenvalue weighted by Gasteiger charge is 2.07. The minimum atomic E-state index is 0.119. The highest BCUT2D eigenvalue weighted by molar-refractivity contribution is 5.60. The molecule has 2 N–H and O–H groups in total. The Bertz CT molecular complexity index is 470. The van der Waals surface area contributed by atoms with E-state index in [9.17, 15) is 5.11 Å². The molecule has 0 aliphatic rings. The van der Waals surface area contributed by atoms with Crippen molar-refractivity contribution in [3.05, 3.63) is 30.2 Å². The lowest BCUT2D eigenvalue weighted by Gasteiger charge is -2.02. The first-order valence-electron chi connectivity index (χ1n) is 4.66. The zero-order valence-electron chi connectivity index (χ0n) is 8.67. The van der Waals surface area contributed by atoms with Crippen molar-refractivity contribution in [1.82, 2.24) is 10.2 Å². The molecule has 1 aromatic heterocycles. The Morgan fingerprint density at radius 3 is 2.94 bits per heavy atom. The van der Waals surface area contributed by atoms with Crippen molar-refractivity contribution in [1.29, 1.82) is 0 Å². The van der Waals surface area contributed by atoms with E-state index in [1.165, 1.54) is 0 Å². The van der Waals surface area contributed by atoms with Crippen molar-refractivity contribution in [2.24, 2.45) is 0 Å². The molecule has 0 aliphatic heterocycles. The number of methoxy groups -OCH3 is 1. The normalized spacial score (nSPS) is 10.3. The summed E-state index contributed by atoms with van der Waals surface area (Å²) in [4.78, 5) is 0. The first-order chi connectivity index (χ1) is 7.79. The van der Waals surface area contributed by atoms with Crippen LogP contribution in [-0.4, -0.2) is 22.4 Å². The average molecular weight is 221 g/mol. The van der Waals surface area contributed by atoms with Gasteiger partial charge >= 0.3 is 6.01 Å². The largest absolute Gasteiger partial charge is 0.506 e. The first kappa shape index (κ1) is 10.4. The van der Waals surface area contributed by atoms with E-state index >= 15 is 0 Å². The van der Waals surface area contributed by atoms with Crippen LogP contribution < -0.4 is 5.32 Å². The second-order valence-electron chi connectivity index (χ2n) is 3.08. The Hall–Kier alpha value is -2.08. The lowest BCUT2D eigenvalue weighted by molar-refractivity contribution is 0.160. The monoisotopic (exact) mass is 221 g/mol. The molecule has 2 rings (SSSR count). The van der Waals surface area contributed by atoms with E-state index in [2.05, 4.69) is 15.5 Å². The topological polar surface area (TPSA) is 80.4 Å². The third-order valence-electron chi connectivity index (χ3n) is 1.88. The Balaban J connectivity index is 2.11. The number of rotatable bonds is 4. The molecular weight excluding hydrogens is 210 g/mol. The molecule has 0 amide bonds. The van der Waals surface area contributed by atoms with Gasteiger partial charge in [0.1, 0.15) is 12.4 Å². The zero-order chi connectivity index (χ0) is 11.4. The molecule has 0 atom stereocenters. The molecule has 1 heterocycles. The smallest absolute Gasteiger partial charge is 0.320 e. The number of hydrogen-bond acceptors (Lipinski definition) is 6. The molecule has 0 bridgehead atoms. The molecule has 0 aliphatic carbocycles. The molecule has 0 spiro atoms. The number of hydrogen-bond donors (Lipinski definition) is 2. The predicted molar refractivity (Wildman–Crippen MR) is 56.4 cm³/mol. The van der Waals surface area contributed by atoms with Crippen LogP contribution in [0.15, 0.2) is 28.7 Å². The van der Waals surface area contributed by atoms with Gasteiger partial charge in [-0.05, 0) is 12.1 Å². The van der Waals surface area contributed by atoms with E-state index in [1.807, 2.05) is 0 Å². The molecule has 6 nitrogen and oxygen atoms in total. The molecular formula is C10H11N3O3. The molecule has 84 valence electrons. The molecule has 2 aromatic rings. The molecule has 0 fully saturated rings. The molecule has 0 saturated heterocycles. The maximum Gasteiger partial charge on any atom is 0.320 e. The number of nitrogens with zero attached hydrogens (tertiary/aromatic N) is 2. The van der Waals surface area contributed by atoms with Crippen LogP contribution in [-0.2, 0) is 11.3 Å². The number of aromatic hydroxyl groups is 1. The molecule has 0 radical (unpaired) electrons. The summed E-state index contributed by atoms with van der Waals surface area (Å²) in [6.45, 7) is 0.259. The number of phenols is 1. The van der Waals surface area contributed by atoms with E-state index < -0.39 is 0 Å². The fraction of sp³-hybridized carbons (Fsp3) is 0.200. The van der Waals surface area contributed by atoms with Crippen LogP contribution in [0.2, 0.25) is 0 Å². The van der Waals surface area contributed by atoms with Gasteiger partial charge in [-0.3, -0.25) is 0 Å². The van der Waals surface area contributed by atoms with E-state index in [-0.39, 0.29) is 18.4 Å². The quantitative estimate of drug-likeness (QED) is 0.764. The fourth-order valence-electron chi connectivity index (χ4n) is 1.18. The zero-order valence-corrected chi connectivity index (χ0v) is 8.67. The van der Waals surface area contributed by atoms with Gasteiger partial charge in [-0.2, -0.15) is 0 Å². The van der Waals surface area contributed by atoms with Crippen molar-refractivity contribution in [3.8, 4) is 5.75 Å². The minimum Gasteiger partial charge on any atom is -0.506 e. The number of ether oxygens (including phenoxy) is 1. The number of aromatic nitrogens is 2. The van der Waals surface area contributed by atoms with Crippen LogP contribution in [0.25, 0.3) is 0 Å². The van der Waals surface area contributed by atoms with Gasteiger partial charge < -0.3 is 19.6 Å². The Kier molecular flexibility index (Phi) is 3.02. The van der Waals surface area contributed by atoms with Gasteiger partial charge in [0.05, 0.1) is 5.69 Å². The van der Waals surface area contributed by atoms with E-state index in [4.69, 9.17) is 9.15 Å². The fourth-order valence-corrected chi connectivity index (χ4v) is 1.18. The van der Waals surface area contributed by atoms with Crippen LogP contribution in [0, 0.1) is 0 Å². The van der Waals surface area contributed by atoms with Crippen LogP contribution in [0.3, 0.4) is 0 Å². The lowest BCUT2D eigenvalue weighted by Crippen LogP contribution is -1.90. The lowest BCUT2D eigenvalue weighted by atomic mass is 10.3. The van der Waals surface area contributed by atoms with Crippen molar-refractivity contribution in [3.63, 3.8) is 0 Å². The molecule has 6 heteroatoms. The van der Waals surface area contributed by atoms with E-state index in [0.717, 1.165) is 0 Å². The summed E-state index contributed by atoms with van der Waals surface area (Å²) < 4.78 is 10.1. The van der Waals surface area contributed by atoms with Gasteiger partial charge in [-0.1, -0.05) is 17.2 Å². The van der Waals surface area contributed by atoms with Gasteiger partial charge in [0.25, 0.3) is 0 Å². The standard InChI is InChI=1S/C10H11N3O3/c1-15-6-9-12-13-10(16-9)11-7-4-2-3-5-8(7)14/h2-5,14H,6H2,1H3,(H,11,13). The van der Waals surface area contributed by atoms with Crippen LogP contribution in [0.5, 0.6) is 5.75 Å². The number of anilines is 2. The minimum absolute atomic E-state index is 0.119. The summed E-state index contributed by atoms with van der Waals surface area (Å²) >= 11 is 0. The summed E-state index contributed by atoms with van der Waals surface area (Å²) in [5.41, 5.74) is 0.509. The van der Waals surface area contributed by atoms with Gasteiger partial charge in [0, 0.05) is 7.11 Å². The first-order valence-corrected chi connectivity index (χ1v) is 4.66. The summed E-state index contributed by atoms with van der Waals surface area (Å²) in [7, 11) is 1.54. The van der Waals surface area contributed by atoms with Crippen molar-refractivity contribution >= 4 is 11.7 Å². The van der Waals surface area contributed by atoms with Crippen LogP contribution in [0.1, 0.15) is 5.89 Å². The molecule has 16 heavy (non-hydrogen) atoms. The maximum atomic E-state index is 9.50. The Labute approximate surface area is 91.9 Å². The SMILES string of the molecule is COCc1nnc(Nc2ccccc2O)o1. The van der Waals surface area contributed by atoms with Gasteiger partial charge in [-0.25, -0.2) is 0 Å². The Morgan fingerprint density at radius 1 is 1.38 bits per heavy atom. The van der Waals surface area contributed by atoms with E-state index in [1.54, 1.807) is 31.4 Å².